The van der Waals surface area contributed by atoms with Gasteiger partial charge in [0.15, 0.2) is 5.82 Å². The van der Waals surface area contributed by atoms with Gasteiger partial charge in [0.05, 0.1) is 25.3 Å². The van der Waals surface area contributed by atoms with Crippen LogP contribution in [0.3, 0.4) is 0 Å². The summed E-state index contributed by atoms with van der Waals surface area (Å²) in [6, 6.07) is 0.0218. The van der Waals surface area contributed by atoms with Crippen molar-refractivity contribution in [3.05, 3.63) is 12.2 Å². The topological polar surface area (TPSA) is 72.3 Å². The summed E-state index contributed by atoms with van der Waals surface area (Å²) in [5.74, 6) is 0.768. The molecule has 1 saturated heterocycles. The molecule has 2 amide bonds. The van der Waals surface area contributed by atoms with Crippen LogP contribution in [0.15, 0.2) is 6.33 Å². The van der Waals surface area contributed by atoms with Gasteiger partial charge in [0.1, 0.15) is 6.33 Å². The van der Waals surface area contributed by atoms with Gasteiger partial charge in [0.25, 0.3) is 0 Å². The van der Waals surface area contributed by atoms with Crippen molar-refractivity contribution in [1.82, 2.24) is 25.0 Å². The highest BCUT2D eigenvalue weighted by Crippen LogP contribution is 2.11. The molecule has 1 aliphatic heterocycles. The molecule has 0 aliphatic carbocycles. The van der Waals surface area contributed by atoms with Gasteiger partial charge in [0.2, 0.25) is 0 Å². The molecule has 0 radical (unpaired) electrons. The Morgan fingerprint density at radius 1 is 1.58 bits per heavy atom. The van der Waals surface area contributed by atoms with Gasteiger partial charge >= 0.3 is 6.03 Å². The number of nitrogens with zero attached hydrogens (tertiary/aromatic N) is 4. The predicted molar refractivity (Wildman–Crippen MR) is 69.5 cm³/mol. The quantitative estimate of drug-likeness (QED) is 0.871. The maximum absolute atomic E-state index is 12.2. The zero-order chi connectivity index (χ0) is 13.8. The summed E-state index contributed by atoms with van der Waals surface area (Å²) in [6.45, 7) is 8.36. The highest BCUT2D eigenvalue weighted by molar-refractivity contribution is 5.74. The van der Waals surface area contributed by atoms with Crippen molar-refractivity contribution in [3.8, 4) is 0 Å². The lowest BCUT2D eigenvalue weighted by Gasteiger charge is -2.36. The minimum atomic E-state index is -0.0756. The molecule has 0 spiro atoms. The Morgan fingerprint density at radius 2 is 2.37 bits per heavy atom. The molecule has 0 bridgehead atoms. The van der Waals surface area contributed by atoms with Gasteiger partial charge in [-0.3, -0.25) is 0 Å². The third-order valence-electron chi connectivity index (χ3n) is 3.30. The van der Waals surface area contributed by atoms with Crippen LogP contribution in [0.25, 0.3) is 0 Å². The van der Waals surface area contributed by atoms with Gasteiger partial charge in [-0.2, -0.15) is 0 Å². The van der Waals surface area contributed by atoms with Crippen LogP contribution in [0, 0.1) is 0 Å². The molecule has 1 fully saturated rings. The second-order valence-electron chi connectivity index (χ2n) is 4.84. The smallest absolute Gasteiger partial charge is 0.318 e. The van der Waals surface area contributed by atoms with E-state index in [1.165, 1.54) is 0 Å². The number of morpholine rings is 1. The summed E-state index contributed by atoms with van der Waals surface area (Å²) in [7, 11) is 0. The van der Waals surface area contributed by atoms with Crippen LogP contribution in [0.5, 0.6) is 0 Å². The number of carbonyl (C=O) groups excluding carboxylic acids is 1. The van der Waals surface area contributed by atoms with Gasteiger partial charge in [-0.05, 0) is 20.8 Å². The van der Waals surface area contributed by atoms with Gasteiger partial charge < -0.3 is 19.5 Å². The molecule has 0 unspecified atom stereocenters. The van der Waals surface area contributed by atoms with Crippen molar-refractivity contribution < 1.29 is 9.53 Å². The molecule has 2 rings (SSSR count). The Morgan fingerprint density at radius 3 is 3.11 bits per heavy atom. The molecule has 2 heterocycles. The number of hydrogen-bond donors (Lipinski definition) is 1. The van der Waals surface area contributed by atoms with E-state index in [1.807, 2.05) is 25.3 Å². The number of urea groups is 1. The molecule has 106 valence electrons. The zero-order valence-corrected chi connectivity index (χ0v) is 11.7. The lowest BCUT2D eigenvalue weighted by molar-refractivity contribution is -0.0318. The summed E-state index contributed by atoms with van der Waals surface area (Å²) >= 11 is 0. The van der Waals surface area contributed by atoms with E-state index in [2.05, 4.69) is 15.5 Å². The molecule has 1 aliphatic rings. The number of ether oxygens (including phenoxy) is 1. The number of nitrogens with one attached hydrogen (secondary N) is 1. The van der Waals surface area contributed by atoms with E-state index in [9.17, 15) is 4.79 Å². The van der Waals surface area contributed by atoms with Gasteiger partial charge in [-0.15, -0.1) is 10.2 Å². The summed E-state index contributed by atoms with van der Waals surface area (Å²) in [5, 5.41) is 10.7. The second kappa shape index (κ2) is 6.01. The van der Waals surface area contributed by atoms with Crippen LogP contribution in [0.4, 0.5) is 4.79 Å². The van der Waals surface area contributed by atoms with Crippen LogP contribution in [0.2, 0.25) is 0 Å². The molecule has 2 atom stereocenters. The predicted octanol–water partition coefficient (Wildman–Crippen LogP) is 0.617. The van der Waals surface area contributed by atoms with Gasteiger partial charge in [-0.25, -0.2) is 4.79 Å². The van der Waals surface area contributed by atoms with Crippen LogP contribution in [0.1, 0.15) is 26.6 Å². The number of hydrogen-bond acceptors (Lipinski definition) is 4. The first-order valence-electron chi connectivity index (χ1n) is 6.64. The average Bonchev–Trinajstić information content (AvgIpc) is 2.86. The molecular formula is C12H21N5O2. The SMILES string of the molecule is CCn1cnnc1CNC(=O)N1C[C@@H](C)OC[C@@H]1C. The van der Waals surface area contributed by atoms with Crippen LogP contribution in [-0.2, 0) is 17.8 Å². The summed E-state index contributed by atoms with van der Waals surface area (Å²) in [6.07, 6.45) is 1.75. The maximum Gasteiger partial charge on any atom is 0.318 e. The van der Waals surface area contributed by atoms with Gasteiger partial charge in [0, 0.05) is 13.1 Å². The number of aryl methyl sites for hydroxylation is 1. The minimum Gasteiger partial charge on any atom is -0.375 e. The first-order valence-corrected chi connectivity index (χ1v) is 6.64. The molecule has 0 saturated carbocycles. The van der Waals surface area contributed by atoms with E-state index < -0.39 is 0 Å². The largest absolute Gasteiger partial charge is 0.375 e. The van der Waals surface area contributed by atoms with E-state index in [4.69, 9.17) is 4.74 Å². The van der Waals surface area contributed by atoms with E-state index in [-0.39, 0.29) is 18.2 Å². The summed E-state index contributed by atoms with van der Waals surface area (Å²) in [4.78, 5) is 14.0. The molecule has 7 heteroatoms. The Bertz CT molecular complexity index is 434. The van der Waals surface area contributed by atoms with Crippen LogP contribution in [-0.4, -0.2) is 51.0 Å². The van der Waals surface area contributed by atoms with Crippen molar-refractivity contribution in [2.45, 2.75) is 46.0 Å². The molecular weight excluding hydrogens is 246 g/mol. The van der Waals surface area contributed by atoms with Crippen molar-refractivity contribution in [2.24, 2.45) is 0 Å². The third kappa shape index (κ3) is 3.23. The monoisotopic (exact) mass is 267 g/mol. The Kier molecular flexibility index (Phi) is 4.36. The third-order valence-corrected chi connectivity index (χ3v) is 3.30. The van der Waals surface area contributed by atoms with Crippen molar-refractivity contribution in [2.75, 3.05) is 13.2 Å². The normalized spacial score (nSPS) is 23.4. The molecule has 7 nitrogen and oxygen atoms in total. The molecule has 19 heavy (non-hydrogen) atoms. The zero-order valence-electron chi connectivity index (χ0n) is 11.7. The Balaban J connectivity index is 1.90. The standard InChI is InChI=1S/C12H21N5O2/c1-4-16-8-14-15-11(16)5-13-12(18)17-6-10(3)19-7-9(17)2/h8-10H,4-7H2,1-3H3,(H,13,18)/t9-,10+/m0/s1. The fourth-order valence-corrected chi connectivity index (χ4v) is 2.12. The number of amides is 2. The molecule has 1 aromatic heterocycles. The van der Waals surface area contributed by atoms with Crippen molar-refractivity contribution in [1.29, 1.82) is 0 Å². The number of rotatable bonds is 3. The van der Waals surface area contributed by atoms with Crippen LogP contribution < -0.4 is 5.32 Å². The van der Waals surface area contributed by atoms with Crippen molar-refractivity contribution in [3.63, 3.8) is 0 Å². The van der Waals surface area contributed by atoms with E-state index >= 15 is 0 Å². The lowest BCUT2D eigenvalue weighted by atomic mass is 10.2. The number of aromatic nitrogens is 3. The first-order chi connectivity index (χ1) is 9.11. The highest BCUT2D eigenvalue weighted by Gasteiger charge is 2.27. The highest BCUT2D eigenvalue weighted by atomic mass is 16.5. The van der Waals surface area contributed by atoms with Gasteiger partial charge in [-0.1, -0.05) is 0 Å². The number of carbonyl (C=O) groups is 1. The molecule has 1 aromatic rings. The maximum atomic E-state index is 12.2. The fourth-order valence-electron chi connectivity index (χ4n) is 2.12. The van der Waals surface area contributed by atoms with Crippen molar-refractivity contribution >= 4 is 6.03 Å². The minimum absolute atomic E-state index is 0.0756. The molecule has 1 N–H and O–H groups in total. The lowest BCUT2D eigenvalue weighted by Crippen LogP contribution is -2.53. The Hall–Kier alpha value is -1.63. The first kappa shape index (κ1) is 13.8. The summed E-state index contributed by atoms with van der Waals surface area (Å²) in [5.41, 5.74) is 0. The van der Waals surface area contributed by atoms with E-state index in [0.29, 0.717) is 19.7 Å². The van der Waals surface area contributed by atoms with E-state index in [0.717, 1.165) is 12.4 Å². The average molecular weight is 267 g/mol. The summed E-state index contributed by atoms with van der Waals surface area (Å²) < 4.78 is 7.42. The molecule has 0 aromatic carbocycles. The van der Waals surface area contributed by atoms with Crippen LogP contribution >= 0.6 is 0 Å². The second-order valence-corrected chi connectivity index (χ2v) is 4.84. The fraction of sp³-hybridized carbons (Fsp3) is 0.750. The Labute approximate surface area is 112 Å². The van der Waals surface area contributed by atoms with E-state index in [1.54, 1.807) is 11.2 Å².